The number of fused-ring (bicyclic) bond motifs is 2. The van der Waals surface area contributed by atoms with Crippen LogP contribution in [-0.2, 0) is 30.5 Å². The van der Waals surface area contributed by atoms with Crippen molar-refractivity contribution in [1.29, 1.82) is 0 Å². The molecular formula is C40H43N3O6. The lowest BCUT2D eigenvalue weighted by molar-refractivity contribution is -0.111. The Bertz CT molecular complexity index is 1910. The molecule has 0 spiro atoms. The molecule has 1 N–H and O–H groups in total. The average molecular weight is 662 g/mol. The topological polar surface area (TPSA) is 81.7 Å². The standard InChI is InChI=1S/C40H43N3O6/c1-7-37(44)41-30-13-10-25-19-32-38-27(15-17-43(32)3)22-36(46-5)39(47-6)40(38)49-35-23-29-26(21-34(35)45-4)14-16-42(2)31(29)18-24-8-11-28(12-9-24)48-33(30)20-25/h7-13,20-23,31-32H,1,14-19H2,2-6H3,(H,41,44)/t31-,32+/m0/s1. The number of ether oxygens (including phenoxy) is 5. The Kier molecular flexibility index (Phi) is 8.96. The van der Waals surface area contributed by atoms with Gasteiger partial charge in [0, 0.05) is 30.7 Å². The van der Waals surface area contributed by atoms with E-state index in [-0.39, 0.29) is 18.0 Å². The molecule has 6 bridgehead atoms. The maximum atomic E-state index is 12.4. The smallest absolute Gasteiger partial charge is 0.247 e. The number of hydrogen-bond acceptors (Lipinski definition) is 8. The Labute approximate surface area is 288 Å². The van der Waals surface area contributed by atoms with Crippen LogP contribution in [0.25, 0.3) is 0 Å². The van der Waals surface area contributed by atoms with Crippen LogP contribution in [0.15, 0.2) is 73.3 Å². The first kappa shape index (κ1) is 32.6. The fourth-order valence-electron chi connectivity index (χ4n) is 7.41. The van der Waals surface area contributed by atoms with Gasteiger partial charge in [-0.05, 0) is 116 Å². The van der Waals surface area contributed by atoms with E-state index in [4.69, 9.17) is 23.7 Å². The summed E-state index contributed by atoms with van der Waals surface area (Å²) in [4.78, 5) is 17.1. The monoisotopic (exact) mass is 661 g/mol. The summed E-state index contributed by atoms with van der Waals surface area (Å²) in [6, 6.07) is 20.6. The van der Waals surface area contributed by atoms with Gasteiger partial charge in [-0.2, -0.15) is 0 Å². The van der Waals surface area contributed by atoms with Gasteiger partial charge in [0.15, 0.2) is 28.7 Å². The first-order valence-corrected chi connectivity index (χ1v) is 16.7. The molecule has 4 aliphatic heterocycles. The molecule has 1 amide bonds. The van der Waals surface area contributed by atoms with Crippen molar-refractivity contribution >= 4 is 11.6 Å². The van der Waals surface area contributed by atoms with E-state index in [2.05, 4.69) is 66.1 Å². The lowest BCUT2D eigenvalue weighted by Gasteiger charge is -2.37. The van der Waals surface area contributed by atoms with E-state index in [9.17, 15) is 4.79 Å². The second-order valence-electron chi connectivity index (χ2n) is 13.0. The maximum Gasteiger partial charge on any atom is 0.247 e. The van der Waals surface area contributed by atoms with Gasteiger partial charge in [0.1, 0.15) is 5.75 Å². The Morgan fingerprint density at radius 3 is 2.18 bits per heavy atom. The van der Waals surface area contributed by atoms with Gasteiger partial charge in [0.05, 0.1) is 27.0 Å². The summed E-state index contributed by atoms with van der Waals surface area (Å²) in [5.41, 5.74) is 7.45. The van der Waals surface area contributed by atoms with Crippen LogP contribution in [0.4, 0.5) is 5.69 Å². The van der Waals surface area contributed by atoms with E-state index < -0.39 is 0 Å². The molecule has 49 heavy (non-hydrogen) atoms. The van der Waals surface area contributed by atoms with Crippen LogP contribution >= 0.6 is 0 Å². The van der Waals surface area contributed by atoms with E-state index in [1.807, 2.05) is 30.3 Å². The number of benzene rings is 4. The molecule has 0 saturated carbocycles. The summed E-state index contributed by atoms with van der Waals surface area (Å²) in [5, 5.41) is 2.91. The zero-order valence-corrected chi connectivity index (χ0v) is 28.8. The number of amides is 1. The normalized spacial score (nSPS) is 18.6. The Morgan fingerprint density at radius 1 is 0.796 bits per heavy atom. The largest absolute Gasteiger partial charge is 0.493 e. The van der Waals surface area contributed by atoms with Gasteiger partial charge < -0.3 is 29.0 Å². The summed E-state index contributed by atoms with van der Waals surface area (Å²) in [5.74, 6) is 4.03. The molecule has 0 fully saturated rings. The van der Waals surface area contributed by atoms with Crippen molar-refractivity contribution in [2.75, 3.05) is 53.8 Å². The third-order valence-corrected chi connectivity index (χ3v) is 10.1. The van der Waals surface area contributed by atoms with Gasteiger partial charge in [-0.15, -0.1) is 0 Å². The fraction of sp³-hybridized carbons (Fsp3) is 0.325. The number of anilines is 1. The molecule has 9 nitrogen and oxygen atoms in total. The van der Waals surface area contributed by atoms with Crippen LogP contribution in [0.5, 0.6) is 40.2 Å². The molecule has 0 aliphatic carbocycles. The number of likely N-dealkylation sites (N-methyl/N-ethyl adjacent to an activating group) is 2. The molecule has 4 aliphatic rings. The van der Waals surface area contributed by atoms with Crippen molar-refractivity contribution in [3.8, 4) is 40.2 Å². The van der Waals surface area contributed by atoms with Gasteiger partial charge in [-0.1, -0.05) is 24.8 Å². The molecule has 0 radical (unpaired) electrons. The third-order valence-electron chi connectivity index (χ3n) is 10.1. The maximum absolute atomic E-state index is 12.4. The average Bonchev–Trinajstić information content (AvgIpc) is 3.11. The predicted molar refractivity (Wildman–Crippen MR) is 190 cm³/mol. The molecule has 4 heterocycles. The number of rotatable bonds is 5. The third kappa shape index (κ3) is 6.20. The van der Waals surface area contributed by atoms with Crippen molar-refractivity contribution < 1.29 is 28.5 Å². The lowest BCUT2D eigenvalue weighted by atomic mass is 9.87. The number of nitrogens with zero attached hydrogens (tertiary/aromatic N) is 2. The van der Waals surface area contributed by atoms with Gasteiger partial charge >= 0.3 is 0 Å². The summed E-state index contributed by atoms with van der Waals surface area (Å²) < 4.78 is 31.4. The van der Waals surface area contributed by atoms with Crippen LogP contribution in [0, 0.1) is 0 Å². The van der Waals surface area contributed by atoms with Crippen molar-refractivity contribution in [1.82, 2.24) is 9.80 Å². The van der Waals surface area contributed by atoms with E-state index in [1.54, 1.807) is 21.3 Å². The number of methoxy groups -OCH3 is 3. The van der Waals surface area contributed by atoms with E-state index >= 15 is 0 Å². The van der Waals surface area contributed by atoms with Crippen LogP contribution in [0.2, 0.25) is 0 Å². The quantitative estimate of drug-likeness (QED) is 0.224. The minimum Gasteiger partial charge on any atom is -0.493 e. The van der Waals surface area contributed by atoms with Gasteiger partial charge in [0.25, 0.3) is 0 Å². The Balaban J connectivity index is 1.45. The highest BCUT2D eigenvalue weighted by Gasteiger charge is 2.34. The predicted octanol–water partition coefficient (Wildman–Crippen LogP) is 7.28. The molecule has 9 heteroatoms. The molecule has 4 aromatic carbocycles. The lowest BCUT2D eigenvalue weighted by Crippen LogP contribution is -2.34. The second-order valence-corrected chi connectivity index (χ2v) is 13.0. The highest BCUT2D eigenvalue weighted by atomic mass is 16.5. The van der Waals surface area contributed by atoms with Gasteiger partial charge in [-0.25, -0.2) is 0 Å². The Hall–Kier alpha value is -4.99. The van der Waals surface area contributed by atoms with Gasteiger partial charge in [0.2, 0.25) is 11.7 Å². The first-order valence-electron chi connectivity index (χ1n) is 16.7. The van der Waals surface area contributed by atoms with Crippen molar-refractivity contribution in [3.05, 3.63) is 107 Å². The molecule has 0 saturated heterocycles. The fourth-order valence-corrected chi connectivity index (χ4v) is 7.41. The minimum atomic E-state index is -0.305. The van der Waals surface area contributed by atoms with E-state index in [0.29, 0.717) is 52.4 Å². The molecule has 2 atom stereocenters. The second kappa shape index (κ2) is 13.5. The van der Waals surface area contributed by atoms with Crippen molar-refractivity contribution in [2.24, 2.45) is 0 Å². The highest BCUT2D eigenvalue weighted by Crippen LogP contribution is 2.52. The minimum absolute atomic E-state index is 0.0688. The summed E-state index contributed by atoms with van der Waals surface area (Å²) in [7, 11) is 9.31. The summed E-state index contributed by atoms with van der Waals surface area (Å²) >= 11 is 0. The number of carbonyl (C=O) groups excluding carboxylic acids is 1. The molecule has 4 aromatic rings. The highest BCUT2D eigenvalue weighted by molar-refractivity contribution is 6.00. The van der Waals surface area contributed by atoms with Crippen LogP contribution in [-0.4, -0.2) is 64.2 Å². The number of carbonyl (C=O) groups is 1. The van der Waals surface area contributed by atoms with Crippen molar-refractivity contribution in [3.63, 3.8) is 0 Å². The van der Waals surface area contributed by atoms with Crippen LogP contribution < -0.4 is 29.0 Å². The molecule has 8 rings (SSSR count). The Morgan fingerprint density at radius 2 is 1.47 bits per heavy atom. The molecular weight excluding hydrogens is 618 g/mol. The van der Waals surface area contributed by atoms with Crippen LogP contribution in [0.1, 0.15) is 45.5 Å². The van der Waals surface area contributed by atoms with E-state index in [1.165, 1.54) is 22.8 Å². The van der Waals surface area contributed by atoms with E-state index in [0.717, 1.165) is 49.0 Å². The zero-order valence-electron chi connectivity index (χ0n) is 28.8. The summed E-state index contributed by atoms with van der Waals surface area (Å²) in [6.45, 7) is 5.41. The van der Waals surface area contributed by atoms with Crippen LogP contribution in [0.3, 0.4) is 0 Å². The molecule has 0 unspecified atom stereocenters. The zero-order chi connectivity index (χ0) is 34.2. The SMILES string of the molecule is C=CC(=O)Nc1ccc2cc1Oc1ccc(cc1)C[C@H]1c3cc(c(OC)cc3CCN1C)Oc1c(OC)c(OC)cc3c1[C@@H](C2)N(C)CC3. The van der Waals surface area contributed by atoms with Crippen molar-refractivity contribution in [2.45, 2.75) is 37.8 Å². The summed E-state index contributed by atoms with van der Waals surface area (Å²) in [6.07, 6.45) is 4.44. The first-order chi connectivity index (χ1) is 23.8. The van der Waals surface area contributed by atoms with Gasteiger partial charge in [-0.3, -0.25) is 14.6 Å². The number of hydrogen-bond donors (Lipinski definition) is 1. The molecule has 0 aromatic heterocycles. The molecule has 254 valence electrons. The number of nitrogens with one attached hydrogen (secondary N) is 1.